The number of likely N-dealkylation sites (tertiary alicyclic amines) is 1. The fourth-order valence-corrected chi connectivity index (χ4v) is 2.98. The van der Waals surface area contributed by atoms with Gasteiger partial charge in [-0.05, 0) is 5.56 Å². The van der Waals surface area contributed by atoms with Crippen LogP contribution in [0.2, 0.25) is 0 Å². The van der Waals surface area contributed by atoms with Gasteiger partial charge in [-0.25, -0.2) is 0 Å². The van der Waals surface area contributed by atoms with Crippen LogP contribution in [0.1, 0.15) is 30.9 Å². The van der Waals surface area contributed by atoms with E-state index >= 15 is 0 Å². The molecule has 6 heteroatoms. The van der Waals surface area contributed by atoms with E-state index in [0.29, 0.717) is 19.7 Å². The molecule has 0 bridgehead atoms. The van der Waals surface area contributed by atoms with Gasteiger partial charge in [0.15, 0.2) is 0 Å². The predicted octanol–water partition coefficient (Wildman–Crippen LogP) is 1.13. The van der Waals surface area contributed by atoms with E-state index in [4.69, 9.17) is 4.74 Å². The number of carbonyl (C=O) groups excluding carboxylic acids is 3. The summed E-state index contributed by atoms with van der Waals surface area (Å²) in [6.07, 6.45) is 0.587. The summed E-state index contributed by atoms with van der Waals surface area (Å²) in [4.78, 5) is 38.5. The SMILES string of the molecule is O=C(CCN1C(=O)CCC1=O)N1CCOC(c2ccccc2)C1. The van der Waals surface area contributed by atoms with Crippen molar-refractivity contribution >= 4 is 17.7 Å². The zero-order chi connectivity index (χ0) is 16.2. The van der Waals surface area contributed by atoms with E-state index in [2.05, 4.69) is 0 Å². The van der Waals surface area contributed by atoms with Gasteiger partial charge in [-0.2, -0.15) is 0 Å². The predicted molar refractivity (Wildman–Crippen MR) is 82.3 cm³/mol. The van der Waals surface area contributed by atoms with Crippen LogP contribution < -0.4 is 0 Å². The Morgan fingerprint density at radius 1 is 1.13 bits per heavy atom. The summed E-state index contributed by atoms with van der Waals surface area (Å²) in [7, 11) is 0. The number of morpholine rings is 1. The molecule has 2 aliphatic heterocycles. The van der Waals surface area contributed by atoms with E-state index in [1.165, 1.54) is 4.90 Å². The number of ether oxygens (including phenoxy) is 1. The van der Waals surface area contributed by atoms with E-state index in [1.54, 1.807) is 4.90 Å². The molecule has 2 fully saturated rings. The third-order valence-electron chi connectivity index (χ3n) is 4.29. The lowest BCUT2D eigenvalue weighted by molar-refractivity contribution is -0.142. The van der Waals surface area contributed by atoms with Gasteiger partial charge in [-0.1, -0.05) is 30.3 Å². The van der Waals surface area contributed by atoms with Gasteiger partial charge in [0.05, 0.1) is 13.2 Å². The average molecular weight is 316 g/mol. The first-order valence-electron chi connectivity index (χ1n) is 7.92. The molecular weight excluding hydrogens is 296 g/mol. The monoisotopic (exact) mass is 316 g/mol. The van der Waals surface area contributed by atoms with Crippen LogP contribution in [-0.4, -0.2) is 53.8 Å². The molecule has 1 aromatic carbocycles. The second-order valence-corrected chi connectivity index (χ2v) is 5.80. The number of rotatable bonds is 4. The molecule has 1 atom stereocenters. The number of benzene rings is 1. The number of nitrogens with zero attached hydrogens (tertiary/aromatic N) is 2. The molecule has 0 aliphatic carbocycles. The highest BCUT2D eigenvalue weighted by Gasteiger charge is 2.30. The van der Waals surface area contributed by atoms with Gasteiger partial charge in [0, 0.05) is 32.4 Å². The van der Waals surface area contributed by atoms with Crippen molar-refractivity contribution in [2.75, 3.05) is 26.2 Å². The maximum absolute atomic E-state index is 12.4. The molecule has 122 valence electrons. The Labute approximate surface area is 135 Å². The molecule has 2 heterocycles. The largest absolute Gasteiger partial charge is 0.370 e. The smallest absolute Gasteiger partial charge is 0.229 e. The van der Waals surface area contributed by atoms with Crippen LogP contribution in [0.15, 0.2) is 30.3 Å². The highest BCUT2D eigenvalue weighted by molar-refractivity contribution is 6.02. The maximum Gasteiger partial charge on any atom is 0.229 e. The highest BCUT2D eigenvalue weighted by Crippen LogP contribution is 2.22. The summed E-state index contributed by atoms with van der Waals surface area (Å²) < 4.78 is 5.74. The maximum atomic E-state index is 12.4. The quantitative estimate of drug-likeness (QED) is 0.781. The third kappa shape index (κ3) is 3.59. The molecule has 6 nitrogen and oxygen atoms in total. The first-order valence-corrected chi connectivity index (χ1v) is 7.92. The van der Waals surface area contributed by atoms with Crippen LogP contribution in [0.5, 0.6) is 0 Å². The Bertz CT molecular complexity index is 586. The number of hydrogen-bond donors (Lipinski definition) is 0. The lowest BCUT2D eigenvalue weighted by Crippen LogP contribution is -2.43. The zero-order valence-corrected chi connectivity index (χ0v) is 12.9. The van der Waals surface area contributed by atoms with E-state index in [0.717, 1.165) is 5.56 Å². The Hall–Kier alpha value is -2.21. The molecular formula is C17H20N2O4. The second kappa shape index (κ2) is 6.91. The van der Waals surface area contributed by atoms with Gasteiger partial charge < -0.3 is 9.64 Å². The normalized spacial score (nSPS) is 21.8. The molecule has 3 amide bonds. The molecule has 0 N–H and O–H groups in total. The van der Waals surface area contributed by atoms with Gasteiger partial charge in [-0.15, -0.1) is 0 Å². The molecule has 1 aromatic rings. The third-order valence-corrected chi connectivity index (χ3v) is 4.29. The lowest BCUT2D eigenvalue weighted by atomic mass is 10.1. The molecule has 0 spiro atoms. The minimum atomic E-state index is -0.174. The Kier molecular flexibility index (Phi) is 4.71. The molecule has 0 aromatic heterocycles. The van der Waals surface area contributed by atoms with Crippen molar-refractivity contribution in [1.82, 2.24) is 9.80 Å². The number of carbonyl (C=O) groups is 3. The number of amides is 3. The highest BCUT2D eigenvalue weighted by atomic mass is 16.5. The first kappa shape index (κ1) is 15.7. The summed E-state index contributed by atoms with van der Waals surface area (Å²) in [6, 6.07) is 9.81. The van der Waals surface area contributed by atoms with Crippen molar-refractivity contribution in [3.05, 3.63) is 35.9 Å². The minimum absolute atomic E-state index is 0.0401. The fraction of sp³-hybridized carbons (Fsp3) is 0.471. The standard InChI is InChI=1S/C17H20N2O4/c20-15(8-9-19-16(21)6-7-17(19)22)18-10-11-23-14(12-18)13-4-2-1-3-5-13/h1-5,14H,6-12H2. The van der Waals surface area contributed by atoms with Gasteiger partial charge in [-0.3, -0.25) is 19.3 Å². The van der Waals surface area contributed by atoms with Crippen LogP contribution in [-0.2, 0) is 19.1 Å². The van der Waals surface area contributed by atoms with Crippen molar-refractivity contribution < 1.29 is 19.1 Å². The fourth-order valence-electron chi connectivity index (χ4n) is 2.98. The molecule has 2 saturated heterocycles. The molecule has 3 rings (SSSR count). The molecule has 23 heavy (non-hydrogen) atoms. The van der Waals surface area contributed by atoms with E-state index < -0.39 is 0 Å². The van der Waals surface area contributed by atoms with Crippen molar-refractivity contribution in [1.29, 1.82) is 0 Å². The lowest BCUT2D eigenvalue weighted by Gasteiger charge is -2.33. The molecule has 1 unspecified atom stereocenters. The summed E-state index contributed by atoms with van der Waals surface area (Å²) in [6.45, 7) is 1.73. The van der Waals surface area contributed by atoms with E-state index in [1.807, 2.05) is 30.3 Å². The summed E-state index contributed by atoms with van der Waals surface area (Å²) >= 11 is 0. The van der Waals surface area contributed by atoms with E-state index in [-0.39, 0.29) is 49.6 Å². The van der Waals surface area contributed by atoms with Gasteiger partial charge in [0.25, 0.3) is 0 Å². The number of hydrogen-bond acceptors (Lipinski definition) is 4. The Morgan fingerprint density at radius 2 is 1.83 bits per heavy atom. The zero-order valence-electron chi connectivity index (χ0n) is 12.9. The van der Waals surface area contributed by atoms with Gasteiger partial charge >= 0.3 is 0 Å². The van der Waals surface area contributed by atoms with Crippen LogP contribution >= 0.6 is 0 Å². The Balaban J connectivity index is 1.55. The van der Waals surface area contributed by atoms with Crippen LogP contribution in [0.3, 0.4) is 0 Å². The van der Waals surface area contributed by atoms with Crippen molar-refractivity contribution in [2.45, 2.75) is 25.4 Å². The average Bonchev–Trinajstić information content (AvgIpc) is 2.92. The summed E-state index contributed by atoms with van der Waals surface area (Å²) in [5.41, 5.74) is 1.05. The van der Waals surface area contributed by atoms with E-state index in [9.17, 15) is 14.4 Å². The van der Waals surface area contributed by atoms with Gasteiger partial charge in [0.1, 0.15) is 6.10 Å². The molecule has 0 saturated carbocycles. The summed E-state index contributed by atoms with van der Waals surface area (Å²) in [5, 5.41) is 0. The Morgan fingerprint density at radius 3 is 2.52 bits per heavy atom. The number of imide groups is 1. The van der Waals surface area contributed by atoms with Crippen LogP contribution in [0.4, 0.5) is 0 Å². The molecule has 0 radical (unpaired) electrons. The van der Waals surface area contributed by atoms with Crippen molar-refractivity contribution in [2.24, 2.45) is 0 Å². The van der Waals surface area contributed by atoms with Crippen molar-refractivity contribution in [3.8, 4) is 0 Å². The van der Waals surface area contributed by atoms with Crippen molar-refractivity contribution in [3.63, 3.8) is 0 Å². The second-order valence-electron chi connectivity index (χ2n) is 5.80. The van der Waals surface area contributed by atoms with Crippen LogP contribution in [0, 0.1) is 0 Å². The first-order chi connectivity index (χ1) is 11.1. The van der Waals surface area contributed by atoms with Gasteiger partial charge in [0.2, 0.25) is 17.7 Å². The summed E-state index contributed by atoms with van der Waals surface area (Å²) in [5.74, 6) is -0.388. The topological polar surface area (TPSA) is 66.9 Å². The molecule has 2 aliphatic rings. The van der Waals surface area contributed by atoms with Crippen LogP contribution in [0.25, 0.3) is 0 Å². The minimum Gasteiger partial charge on any atom is -0.370 e.